The first-order valence-corrected chi connectivity index (χ1v) is 8.73. The molecule has 4 heteroatoms. The van der Waals surface area contributed by atoms with Crippen LogP contribution in [-0.4, -0.2) is 13.7 Å². The van der Waals surface area contributed by atoms with E-state index in [1.54, 1.807) is 7.11 Å². The van der Waals surface area contributed by atoms with Crippen LogP contribution in [0.15, 0.2) is 78.9 Å². The lowest BCUT2D eigenvalue weighted by Crippen LogP contribution is -2.20. The predicted octanol–water partition coefficient (Wildman–Crippen LogP) is 4.43. The molecule has 0 spiro atoms. The van der Waals surface area contributed by atoms with E-state index in [9.17, 15) is 0 Å². The van der Waals surface area contributed by atoms with E-state index < -0.39 is 0 Å². The fourth-order valence-corrected chi connectivity index (χ4v) is 2.63. The number of nitrogens with one attached hydrogen (secondary N) is 2. The van der Waals surface area contributed by atoms with E-state index in [-0.39, 0.29) is 0 Å². The molecule has 0 fully saturated rings. The van der Waals surface area contributed by atoms with Crippen LogP contribution in [0.3, 0.4) is 0 Å². The van der Waals surface area contributed by atoms with Gasteiger partial charge in [-0.05, 0) is 35.4 Å². The highest BCUT2D eigenvalue weighted by atomic mass is 16.5. The van der Waals surface area contributed by atoms with E-state index in [4.69, 9.17) is 9.47 Å². The van der Waals surface area contributed by atoms with Gasteiger partial charge < -0.3 is 14.9 Å². The zero-order valence-corrected chi connectivity index (χ0v) is 14.9. The molecule has 0 amide bonds. The van der Waals surface area contributed by atoms with Crippen molar-refractivity contribution in [2.45, 2.75) is 13.0 Å². The van der Waals surface area contributed by atoms with Gasteiger partial charge in [-0.2, -0.15) is 0 Å². The number of benzene rings is 3. The predicted molar refractivity (Wildman–Crippen MR) is 106 cm³/mol. The maximum absolute atomic E-state index is 5.90. The minimum atomic E-state index is 0.619. The number of rotatable bonds is 9. The first kappa shape index (κ1) is 17.8. The van der Waals surface area contributed by atoms with Crippen molar-refractivity contribution in [2.75, 3.05) is 19.1 Å². The minimum Gasteiger partial charge on any atom is -0.493 e. The number of methoxy groups -OCH3 is 1. The number of para-hydroxylation sites is 1. The Morgan fingerprint density at radius 2 is 1.50 bits per heavy atom. The van der Waals surface area contributed by atoms with Crippen molar-refractivity contribution in [3.63, 3.8) is 0 Å². The quantitative estimate of drug-likeness (QED) is 0.561. The minimum absolute atomic E-state index is 0.619. The zero-order valence-electron chi connectivity index (χ0n) is 14.9. The molecule has 0 saturated carbocycles. The van der Waals surface area contributed by atoms with E-state index >= 15 is 0 Å². The van der Waals surface area contributed by atoms with E-state index in [2.05, 4.69) is 23.0 Å². The van der Waals surface area contributed by atoms with Crippen LogP contribution in [0.1, 0.15) is 11.1 Å². The molecular formula is C22H24N2O2. The van der Waals surface area contributed by atoms with Crippen LogP contribution in [0.25, 0.3) is 0 Å². The van der Waals surface area contributed by atoms with Gasteiger partial charge in [0.15, 0.2) is 11.5 Å². The van der Waals surface area contributed by atoms with Gasteiger partial charge in [-0.1, -0.05) is 54.6 Å². The Kier molecular flexibility index (Phi) is 6.51. The van der Waals surface area contributed by atoms with Gasteiger partial charge in [-0.15, -0.1) is 0 Å². The topological polar surface area (TPSA) is 42.5 Å². The highest BCUT2D eigenvalue weighted by molar-refractivity contribution is 5.44. The van der Waals surface area contributed by atoms with Crippen molar-refractivity contribution >= 4 is 5.69 Å². The fraction of sp³-hybridized carbons (Fsp3) is 0.182. The van der Waals surface area contributed by atoms with Crippen LogP contribution < -0.4 is 20.3 Å². The normalized spacial score (nSPS) is 10.3. The van der Waals surface area contributed by atoms with Gasteiger partial charge in [0.05, 0.1) is 13.7 Å². The van der Waals surface area contributed by atoms with Crippen LogP contribution in [-0.2, 0) is 13.0 Å². The second kappa shape index (κ2) is 9.49. The summed E-state index contributed by atoms with van der Waals surface area (Å²) >= 11 is 0. The van der Waals surface area contributed by atoms with Crippen LogP contribution in [0.5, 0.6) is 11.5 Å². The Morgan fingerprint density at radius 3 is 2.23 bits per heavy atom. The summed E-state index contributed by atoms with van der Waals surface area (Å²) in [5.74, 6) is 1.51. The summed E-state index contributed by atoms with van der Waals surface area (Å²) in [5.41, 5.74) is 9.79. The highest BCUT2D eigenvalue weighted by Gasteiger charge is 2.06. The van der Waals surface area contributed by atoms with Crippen LogP contribution in [0.2, 0.25) is 0 Å². The molecule has 0 atom stereocenters. The smallest absolute Gasteiger partial charge is 0.161 e. The SMILES string of the molecule is COc1cc(CNNc2ccccc2)ccc1OCCc1ccccc1. The Labute approximate surface area is 154 Å². The summed E-state index contributed by atoms with van der Waals surface area (Å²) in [7, 11) is 1.67. The first-order chi connectivity index (χ1) is 12.8. The highest BCUT2D eigenvalue weighted by Crippen LogP contribution is 2.28. The molecular weight excluding hydrogens is 324 g/mol. The molecule has 2 N–H and O–H groups in total. The summed E-state index contributed by atoms with van der Waals surface area (Å²) in [6.45, 7) is 1.29. The van der Waals surface area contributed by atoms with E-state index in [0.717, 1.165) is 29.2 Å². The number of hydrogen-bond donors (Lipinski definition) is 2. The second-order valence-electron chi connectivity index (χ2n) is 5.91. The molecule has 3 rings (SSSR count). The van der Waals surface area contributed by atoms with Gasteiger partial charge in [0.2, 0.25) is 0 Å². The summed E-state index contributed by atoms with van der Waals surface area (Å²) in [4.78, 5) is 0. The Morgan fingerprint density at radius 1 is 0.769 bits per heavy atom. The molecule has 26 heavy (non-hydrogen) atoms. The van der Waals surface area contributed by atoms with Crippen molar-refractivity contribution in [1.29, 1.82) is 0 Å². The molecule has 0 aliphatic heterocycles. The Hall–Kier alpha value is -2.98. The monoisotopic (exact) mass is 348 g/mol. The lowest BCUT2D eigenvalue weighted by molar-refractivity contribution is 0.297. The second-order valence-corrected chi connectivity index (χ2v) is 5.91. The third-order valence-electron chi connectivity index (χ3n) is 4.02. The number of hydrazine groups is 1. The average Bonchev–Trinajstić information content (AvgIpc) is 2.70. The van der Waals surface area contributed by atoms with Gasteiger partial charge in [0.25, 0.3) is 0 Å². The molecule has 0 heterocycles. The van der Waals surface area contributed by atoms with Crippen LogP contribution in [0.4, 0.5) is 5.69 Å². The molecule has 0 aromatic heterocycles. The van der Waals surface area contributed by atoms with Crippen LogP contribution in [0, 0.1) is 0 Å². The summed E-state index contributed by atoms with van der Waals surface area (Å²) in [5, 5.41) is 0. The van der Waals surface area contributed by atoms with Gasteiger partial charge in [0.1, 0.15) is 0 Å². The van der Waals surface area contributed by atoms with Gasteiger partial charge in [-0.25, -0.2) is 5.43 Å². The van der Waals surface area contributed by atoms with Crippen molar-refractivity contribution in [3.8, 4) is 11.5 Å². The Balaban J connectivity index is 1.51. The summed E-state index contributed by atoms with van der Waals surface area (Å²) in [6.07, 6.45) is 0.869. The molecule has 3 aromatic carbocycles. The molecule has 134 valence electrons. The van der Waals surface area contributed by atoms with E-state index in [1.165, 1.54) is 5.56 Å². The van der Waals surface area contributed by atoms with Crippen molar-refractivity contribution in [2.24, 2.45) is 0 Å². The largest absolute Gasteiger partial charge is 0.493 e. The molecule has 0 bridgehead atoms. The number of anilines is 1. The standard InChI is InChI=1S/C22H24N2O2/c1-25-22-16-19(17-23-24-20-10-6-3-7-11-20)12-13-21(22)26-15-14-18-8-4-2-5-9-18/h2-13,16,23-24H,14-15,17H2,1H3. The van der Waals surface area contributed by atoms with Crippen molar-refractivity contribution in [3.05, 3.63) is 90.0 Å². The number of ether oxygens (including phenoxy) is 2. The third-order valence-corrected chi connectivity index (χ3v) is 4.02. The van der Waals surface area contributed by atoms with Crippen LogP contribution >= 0.6 is 0 Å². The van der Waals surface area contributed by atoms with E-state index in [0.29, 0.717) is 13.2 Å². The molecule has 0 aliphatic rings. The Bertz CT molecular complexity index is 792. The zero-order chi connectivity index (χ0) is 18.0. The van der Waals surface area contributed by atoms with E-state index in [1.807, 2.05) is 66.7 Å². The van der Waals surface area contributed by atoms with Crippen molar-refractivity contribution in [1.82, 2.24) is 5.43 Å². The maximum Gasteiger partial charge on any atom is 0.161 e. The molecule has 0 unspecified atom stereocenters. The first-order valence-electron chi connectivity index (χ1n) is 8.73. The molecule has 0 aliphatic carbocycles. The molecule has 3 aromatic rings. The lowest BCUT2D eigenvalue weighted by atomic mass is 10.2. The molecule has 0 radical (unpaired) electrons. The maximum atomic E-state index is 5.90. The third kappa shape index (κ3) is 5.26. The van der Waals surface area contributed by atoms with Gasteiger partial charge in [-0.3, -0.25) is 0 Å². The summed E-state index contributed by atoms with van der Waals surface area (Å²) in [6, 6.07) is 26.3. The molecule has 4 nitrogen and oxygen atoms in total. The molecule has 0 saturated heterocycles. The fourth-order valence-electron chi connectivity index (χ4n) is 2.63. The van der Waals surface area contributed by atoms with Gasteiger partial charge in [0, 0.05) is 18.7 Å². The number of hydrogen-bond acceptors (Lipinski definition) is 4. The van der Waals surface area contributed by atoms with Crippen molar-refractivity contribution < 1.29 is 9.47 Å². The average molecular weight is 348 g/mol. The lowest BCUT2D eigenvalue weighted by Gasteiger charge is -2.13. The summed E-state index contributed by atoms with van der Waals surface area (Å²) < 4.78 is 11.4. The van der Waals surface area contributed by atoms with Gasteiger partial charge >= 0.3 is 0 Å².